The van der Waals surface area contributed by atoms with Gasteiger partial charge in [0.05, 0.1) is 23.4 Å². The van der Waals surface area contributed by atoms with Crippen molar-refractivity contribution in [3.63, 3.8) is 0 Å². The molecule has 4 rings (SSSR count). The van der Waals surface area contributed by atoms with E-state index in [9.17, 15) is 18.9 Å². The van der Waals surface area contributed by atoms with Crippen molar-refractivity contribution in [1.29, 1.82) is 0 Å². The number of β-amino-alcohol motifs (C(OH)–C–C–N with tert-alkyl or cyclic N) is 1. The minimum atomic E-state index is -1.44. The van der Waals surface area contributed by atoms with Crippen LogP contribution in [0.4, 0.5) is 0 Å². The Labute approximate surface area is 175 Å². The fourth-order valence-corrected chi connectivity index (χ4v) is 3.87. The summed E-state index contributed by atoms with van der Waals surface area (Å²) in [4.78, 5) is 35.0. The molecule has 1 aromatic carbocycles. The van der Waals surface area contributed by atoms with Crippen LogP contribution in [0.15, 0.2) is 48.9 Å². The van der Waals surface area contributed by atoms with Gasteiger partial charge in [0.2, 0.25) is 0 Å². The Morgan fingerprint density at radius 3 is 2.60 bits per heavy atom. The SMILES string of the molecule is CS(=O)NC(=O)c1ccc(-c2cncc3ncc(C(=O)N4CCC(O)C4)cc23)cc1. The first-order chi connectivity index (χ1) is 14.4. The summed E-state index contributed by atoms with van der Waals surface area (Å²) in [6, 6.07) is 8.62. The fraction of sp³-hybridized carbons (Fsp3) is 0.238. The predicted molar refractivity (Wildman–Crippen MR) is 113 cm³/mol. The molecule has 0 aliphatic carbocycles. The first kappa shape index (κ1) is 20.1. The summed E-state index contributed by atoms with van der Waals surface area (Å²) in [6.45, 7) is 0.847. The van der Waals surface area contributed by atoms with Crippen LogP contribution >= 0.6 is 0 Å². The minimum Gasteiger partial charge on any atom is -0.391 e. The number of nitrogens with zero attached hydrogens (tertiary/aromatic N) is 3. The second-order valence-corrected chi connectivity index (χ2v) is 8.25. The van der Waals surface area contributed by atoms with Gasteiger partial charge in [0, 0.05) is 48.3 Å². The number of aliphatic hydroxyl groups is 1. The van der Waals surface area contributed by atoms with E-state index in [-0.39, 0.29) is 5.91 Å². The molecule has 2 aromatic heterocycles. The van der Waals surface area contributed by atoms with Crippen molar-refractivity contribution in [3.8, 4) is 11.1 Å². The van der Waals surface area contributed by atoms with E-state index in [2.05, 4.69) is 14.7 Å². The number of hydrogen-bond acceptors (Lipinski definition) is 6. The topological polar surface area (TPSA) is 112 Å². The number of amides is 2. The average molecular weight is 424 g/mol. The molecule has 1 aliphatic rings. The zero-order valence-corrected chi connectivity index (χ0v) is 17.1. The van der Waals surface area contributed by atoms with Crippen LogP contribution < -0.4 is 4.72 Å². The van der Waals surface area contributed by atoms with Crippen molar-refractivity contribution in [2.75, 3.05) is 19.3 Å². The van der Waals surface area contributed by atoms with E-state index in [0.29, 0.717) is 36.2 Å². The van der Waals surface area contributed by atoms with Gasteiger partial charge in [-0.2, -0.15) is 0 Å². The number of rotatable bonds is 4. The van der Waals surface area contributed by atoms with Crippen LogP contribution in [0.5, 0.6) is 0 Å². The van der Waals surface area contributed by atoms with E-state index in [1.807, 2.05) is 0 Å². The summed E-state index contributed by atoms with van der Waals surface area (Å²) in [5, 5.41) is 10.5. The van der Waals surface area contributed by atoms with E-state index < -0.39 is 23.0 Å². The van der Waals surface area contributed by atoms with E-state index >= 15 is 0 Å². The quantitative estimate of drug-likeness (QED) is 0.657. The third-order valence-electron chi connectivity index (χ3n) is 5.00. The van der Waals surface area contributed by atoms with Gasteiger partial charge in [-0.15, -0.1) is 0 Å². The van der Waals surface area contributed by atoms with Gasteiger partial charge < -0.3 is 10.0 Å². The number of carbonyl (C=O) groups excluding carboxylic acids is 2. The number of aliphatic hydroxyl groups excluding tert-OH is 1. The standard InChI is InChI=1S/C21H20N4O4S/c1-30(29)24-20(27)14-4-2-13(3-5-14)18-10-22-11-19-17(18)8-15(9-23-19)21(28)25-7-6-16(26)12-25/h2-5,8-11,16,26H,6-7,12H2,1H3,(H,24,27). The highest BCUT2D eigenvalue weighted by Crippen LogP contribution is 2.28. The number of hydrogen-bond donors (Lipinski definition) is 2. The van der Waals surface area contributed by atoms with Gasteiger partial charge in [0.15, 0.2) is 0 Å². The Bertz CT molecular complexity index is 1150. The number of benzene rings is 1. The molecular weight excluding hydrogens is 404 g/mol. The lowest BCUT2D eigenvalue weighted by molar-refractivity contribution is 0.0764. The fourth-order valence-electron chi connectivity index (χ4n) is 3.49. The van der Waals surface area contributed by atoms with Gasteiger partial charge in [-0.1, -0.05) is 12.1 Å². The van der Waals surface area contributed by atoms with Crippen LogP contribution in [0.3, 0.4) is 0 Å². The number of carbonyl (C=O) groups is 2. The Morgan fingerprint density at radius 1 is 1.17 bits per heavy atom. The molecule has 1 aliphatic heterocycles. The van der Waals surface area contributed by atoms with Gasteiger partial charge in [0.1, 0.15) is 11.0 Å². The van der Waals surface area contributed by atoms with Crippen molar-refractivity contribution >= 4 is 33.7 Å². The highest BCUT2D eigenvalue weighted by molar-refractivity contribution is 7.82. The average Bonchev–Trinajstić information content (AvgIpc) is 3.18. The van der Waals surface area contributed by atoms with Crippen LogP contribution in [-0.2, 0) is 11.0 Å². The predicted octanol–water partition coefficient (Wildman–Crippen LogP) is 1.53. The van der Waals surface area contributed by atoms with E-state index in [1.54, 1.807) is 47.6 Å². The molecule has 1 fully saturated rings. The zero-order chi connectivity index (χ0) is 21.3. The van der Waals surface area contributed by atoms with E-state index in [1.165, 1.54) is 12.5 Å². The largest absolute Gasteiger partial charge is 0.391 e. The Kier molecular flexibility index (Phi) is 5.56. The molecule has 0 radical (unpaired) electrons. The lowest BCUT2D eigenvalue weighted by Crippen LogP contribution is -2.29. The van der Waals surface area contributed by atoms with Crippen molar-refractivity contribution < 1.29 is 18.9 Å². The molecule has 1 saturated heterocycles. The van der Waals surface area contributed by atoms with Gasteiger partial charge in [-0.3, -0.25) is 24.3 Å². The van der Waals surface area contributed by atoms with Gasteiger partial charge in [-0.25, -0.2) is 4.21 Å². The molecule has 154 valence electrons. The van der Waals surface area contributed by atoms with Crippen molar-refractivity contribution in [2.24, 2.45) is 0 Å². The second kappa shape index (κ2) is 8.29. The van der Waals surface area contributed by atoms with Gasteiger partial charge in [-0.05, 0) is 30.2 Å². The summed E-state index contributed by atoms with van der Waals surface area (Å²) >= 11 is 0. The minimum absolute atomic E-state index is 0.164. The third kappa shape index (κ3) is 4.07. The molecule has 8 nitrogen and oxygen atoms in total. The monoisotopic (exact) mass is 424 g/mol. The maximum absolute atomic E-state index is 12.8. The summed E-state index contributed by atoms with van der Waals surface area (Å²) in [5.41, 5.74) is 3.08. The molecule has 0 bridgehead atoms. The molecule has 2 atom stereocenters. The van der Waals surface area contributed by atoms with Crippen LogP contribution in [0.1, 0.15) is 27.1 Å². The van der Waals surface area contributed by atoms with E-state index in [4.69, 9.17) is 0 Å². The summed E-state index contributed by atoms with van der Waals surface area (Å²) < 4.78 is 13.5. The first-order valence-electron chi connectivity index (χ1n) is 9.38. The first-order valence-corrected chi connectivity index (χ1v) is 10.9. The highest BCUT2D eigenvalue weighted by atomic mass is 32.2. The lowest BCUT2D eigenvalue weighted by Gasteiger charge is -2.16. The van der Waals surface area contributed by atoms with Gasteiger partial charge >= 0.3 is 0 Å². The van der Waals surface area contributed by atoms with Crippen molar-refractivity contribution in [3.05, 3.63) is 60.0 Å². The molecule has 3 aromatic rings. The Morgan fingerprint density at radius 2 is 1.93 bits per heavy atom. The maximum Gasteiger partial charge on any atom is 0.262 e. The molecule has 0 saturated carbocycles. The number of pyridine rings is 2. The van der Waals surface area contributed by atoms with Crippen molar-refractivity contribution in [2.45, 2.75) is 12.5 Å². The van der Waals surface area contributed by atoms with Crippen LogP contribution in [0, 0.1) is 0 Å². The summed E-state index contributed by atoms with van der Waals surface area (Å²) in [6.07, 6.45) is 6.33. The molecule has 2 N–H and O–H groups in total. The van der Waals surface area contributed by atoms with Crippen LogP contribution in [0.2, 0.25) is 0 Å². The third-order valence-corrected chi connectivity index (χ3v) is 5.47. The molecular formula is C21H20N4O4S. The molecule has 9 heteroatoms. The molecule has 2 amide bonds. The summed E-state index contributed by atoms with van der Waals surface area (Å²) in [5.74, 6) is -0.580. The molecule has 30 heavy (non-hydrogen) atoms. The van der Waals surface area contributed by atoms with Crippen LogP contribution in [0.25, 0.3) is 22.0 Å². The Hall–Kier alpha value is -3.17. The van der Waals surface area contributed by atoms with Crippen LogP contribution in [-0.4, -0.2) is 61.4 Å². The smallest absolute Gasteiger partial charge is 0.262 e. The van der Waals surface area contributed by atoms with E-state index in [0.717, 1.165) is 16.5 Å². The number of fused-ring (bicyclic) bond motifs is 1. The molecule has 0 spiro atoms. The van der Waals surface area contributed by atoms with Gasteiger partial charge in [0.25, 0.3) is 11.8 Å². The number of likely N-dealkylation sites (tertiary alicyclic amines) is 1. The molecule has 2 unspecified atom stereocenters. The molecule has 3 heterocycles. The summed E-state index contributed by atoms with van der Waals surface area (Å²) in [7, 11) is -1.44. The van der Waals surface area contributed by atoms with Crippen molar-refractivity contribution in [1.82, 2.24) is 19.6 Å². The lowest BCUT2D eigenvalue weighted by atomic mass is 10.0. The zero-order valence-electron chi connectivity index (χ0n) is 16.2. The second-order valence-electron chi connectivity index (χ2n) is 7.13. The highest BCUT2D eigenvalue weighted by Gasteiger charge is 2.26. The normalized spacial score (nSPS) is 17.1. The number of aromatic nitrogens is 2. The maximum atomic E-state index is 12.8. The number of nitrogens with one attached hydrogen (secondary N) is 1. The Balaban J connectivity index is 1.68.